The Kier molecular flexibility index (Phi) is 13.1. The third-order valence-electron chi connectivity index (χ3n) is 4.54. The number of rotatable bonds is 6. The number of unbranched alkanes of at least 4 members (excludes halogenated alkanes) is 3. The molecule has 0 aromatic carbocycles. The van der Waals surface area contributed by atoms with Crippen LogP contribution in [0, 0.1) is 0 Å². The zero-order valence-corrected chi connectivity index (χ0v) is 14.7. The molecule has 0 amide bonds. The van der Waals surface area contributed by atoms with Crippen LogP contribution in [0.25, 0.3) is 0 Å². The molecule has 1 aliphatic heterocycles. The van der Waals surface area contributed by atoms with Crippen LogP contribution in [-0.4, -0.2) is 37.1 Å². The first-order valence-corrected chi connectivity index (χ1v) is 9.70. The summed E-state index contributed by atoms with van der Waals surface area (Å²) in [5.74, 6) is 0. The maximum atomic E-state index is 9.77. The fourth-order valence-corrected chi connectivity index (χ4v) is 3.07. The van der Waals surface area contributed by atoms with E-state index in [1.165, 1.54) is 64.2 Å². The number of hydrogen-bond donors (Lipinski definition) is 1. The summed E-state index contributed by atoms with van der Waals surface area (Å²) in [4.78, 5) is 0. The summed E-state index contributed by atoms with van der Waals surface area (Å²) in [6.07, 6.45) is 15.7. The van der Waals surface area contributed by atoms with Crippen LogP contribution in [0.5, 0.6) is 0 Å². The lowest BCUT2D eigenvalue weighted by atomic mass is 10.0. The summed E-state index contributed by atoms with van der Waals surface area (Å²) in [6, 6.07) is 0. The molecule has 1 N–H and O–H groups in total. The standard InChI is InChI=1S/C19H38O3/c1-2-3-4-10-16-22-19-13-8-6-5-7-12-18(20)17-21-15-11-9-14-19/h18-20H,2-17H2,1H3. The fourth-order valence-electron chi connectivity index (χ4n) is 3.07. The minimum atomic E-state index is -0.262. The van der Waals surface area contributed by atoms with Crippen molar-refractivity contribution in [3.63, 3.8) is 0 Å². The summed E-state index contributed by atoms with van der Waals surface area (Å²) in [5.41, 5.74) is 0. The third kappa shape index (κ3) is 11.4. The zero-order valence-electron chi connectivity index (χ0n) is 14.7. The van der Waals surface area contributed by atoms with E-state index in [1.807, 2.05) is 0 Å². The van der Waals surface area contributed by atoms with Gasteiger partial charge in [0.05, 0.1) is 18.8 Å². The molecule has 1 saturated heterocycles. The Morgan fingerprint density at radius 1 is 0.909 bits per heavy atom. The van der Waals surface area contributed by atoms with Crippen molar-refractivity contribution in [3.8, 4) is 0 Å². The largest absolute Gasteiger partial charge is 0.391 e. The molecule has 132 valence electrons. The first-order chi connectivity index (χ1) is 10.8. The van der Waals surface area contributed by atoms with Crippen molar-refractivity contribution >= 4 is 0 Å². The van der Waals surface area contributed by atoms with Gasteiger partial charge in [0.1, 0.15) is 0 Å². The van der Waals surface area contributed by atoms with Gasteiger partial charge in [-0.05, 0) is 38.5 Å². The Balaban J connectivity index is 2.20. The van der Waals surface area contributed by atoms with Crippen molar-refractivity contribution in [3.05, 3.63) is 0 Å². The molecule has 3 nitrogen and oxygen atoms in total. The van der Waals surface area contributed by atoms with E-state index in [0.29, 0.717) is 12.7 Å². The van der Waals surface area contributed by atoms with Crippen LogP contribution in [0.1, 0.15) is 90.4 Å². The molecule has 2 atom stereocenters. The van der Waals surface area contributed by atoms with E-state index in [0.717, 1.165) is 32.5 Å². The molecule has 0 radical (unpaired) electrons. The number of hydrogen-bond acceptors (Lipinski definition) is 3. The maximum Gasteiger partial charge on any atom is 0.0773 e. The number of ether oxygens (including phenoxy) is 2. The van der Waals surface area contributed by atoms with Crippen LogP contribution in [0.3, 0.4) is 0 Å². The highest BCUT2D eigenvalue weighted by atomic mass is 16.5. The molecule has 1 aliphatic rings. The second-order valence-electron chi connectivity index (χ2n) is 6.77. The van der Waals surface area contributed by atoms with Crippen molar-refractivity contribution < 1.29 is 14.6 Å². The van der Waals surface area contributed by atoms with Crippen molar-refractivity contribution in [1.29, 1.82) is 0 Å². The van der Waals surface area contributed by atoms with Gasteiger partial charge in [0.2, 0.25) is 0 Å². The predicted molar refractivity (Wildman–Crippen MR) is 92.3 cm³/mol. The molecule has 0 bridgehead atoms. The van der Waals surface area contributed by atoms with E-state index in [2.05, 4.69) is 6.92 Å². The SMILES string of the molecule is CCCCCCOC1CCCCCCC(O)COCCCC1. The van der Waals surface area contributed by atoms with Crippen LogP contribution in [0.4, 0.5) is 0 Å². The molecule has 2 unspecified atom stereocenters. The molecule has 0 aliphatic carbocycles. The van der Waals surface area contributed by atoms with Gasteiger partial charge >= 0.3 is 0 Å². The van der Waals surface area contributed by atoms with Crippen molar-refractivity contribution in [2.45, 2.75) is 103 Å². The number of aliphatic hydroxyl groups is 1. The highest BCUT2D eigenvalue weighted by molar-refractivity contribution is 4.62. The predicted octanol–water partition coefficient (Wildman–Crippen LogP) is 4.85. The van der Waals surface area contributed by atoms with E-state index in [4.69, 9.17) is 9.47 Å². The summed E-state index contributed by atoms with van der Waals surface area (Å²) in [5, 5.41) is 9.77. The quantitative estimate of drug-likeness (QED) is 0.712. The van der Waals surface area contributed by atoms with Crippen LogP contribution < -0.4 is 0 Å². The molecule has 0 aromatic heterocycles. The average Bonchev–Trinajstić information content (AvgIpc) is 2.52. The Morgan fingerprint density at radius 3 is 2.41 bits per heavy atom. The lowest BCUT2D eigenvalue weighted by Gasteiger charge is -2.19. The van der Waals surface area contributed by atoms with Gasteiger partial charge in [0, 0.05) is 13.2 Å². The second-order valence-corrected chi connectivity index (χ2v) is 6.77. The normalized spacial score (nSPS) is 26.5. The molecule has 0 aromatic rings. The molecule has 3 heteroatoms. The molecular formula is C19H38O3. The van der Waals surface area contributed by atoms with E-state index in [-0.39, 0.29) is 6.10 Å². The fraction of sp³-hybridized carbons (Fsp3) is 1.00. The van der Waals surface area contributed by atoms with Gasteiger partial charge in [0.15, 0.2) is 0 Å². The Bertz CT molecular complexity index is 217. The highest BCUT2D eigenvalue weighted by Gasteiger charge is 2.10. The van der Waals surface area contributed by atoms with Crippen LogP contribution >= 0.6 is 0 Å². The smallest absolute Gasteiger partial charge is 0.0773 e. The Labute approximate surface area is 137 Å². The zero-order chi connectivity index (χ0) is 15.9. The van der Waals surface area contributed by atoms with E-state index >= 15 is 0 Å². The molecule has 0 spiro atoms. The summed E-state index contributed by atoms with van der Waals surface area (Å²) < 4.78 is 11.7. The van der Waals surface area contributed by atoms with Crippen LogP contribution in [0.15, 0.2) is 0 Å². The highest BCUT2D eigenvalue weighted by Crippen LogP contribution is 2.16. The first-order valence-electron chi connectivity index (χ1n) is 9.70. The molecule has 0 saturated carbocycles. The minimum Gasteiger partial charge on any atom is -0.391 e. The lowest BCUT2D eigenvalue weighted by molar-refractivity contribution is 0.0194. The van der Waals surface area contributed by atoms with Gasteiger partial charge in [-0.2, -0.15) is 0 Å². The topological polar surface area (TPSA) is 38.7 Å². The monoisotopic (exact) mass is 314 g/mol. The molecule has 1 rings (SSSR count). The number of aliphatic hydroxyl groups excluding tert-OH is 1. The van der Waals surface area contributed by atoms with Crippen LogP contribution in [-0.2, 0) is 9.47 Å². The summed E-state index contributed by atoms with van der Waals surface area (Å²) in [6.45, 7) is 4.48. The van der Waals surface area contributed by atoms with Gasteiger partial charge in [0.25, 0.3) is 0 Å². The summed E-state index contributed by atoms with van der Waals surface area (Å²) in [7, 11) is 0. The maximum absolute atomic E-state index is 9.77. The molecule has 22 heavy (non-hydrogen) atoms. The molecular weight excluding hydrogens is 276 g/mol. The van der Waals surface area contributed by atoms with E-state index < -0.39 is 0 Å². The van der Waals surface area contributed by atoms with Gasteiger partial charge < -0.3 is 14.6 Å². The lowest BCUT2D eigenvalue weighted by Crippen LogP contribution is -2.17. The van der Waals surface area contributed by atoms with E-state index in [9.17, 15) is 5.11 Å². The van der Waals surface area contributed by atoms with Crippen molar-refractivity contribution in [2.24, 2.45) is 0 Å². The van der Waals surface area contributed by atoms with Gasteiger partial charge in [-0.15, -0.1) is 0 Å². The van der Waals surface area contributed by atoms with Gasteiger partial charge in [-0.1, -0.05) is 51.9 Å². The Hall–Kier alpha value is -0.120. The minimum absolute atomic E-state index is 0.262. The first kappa shape index (κ1) is 19.9. The van der Waals surface area contributed by atoms with Gasteiger partial charge in [-0.3, -0.25) is 0 Å². The Morgan fingerprint density at radius 2 is 1.64 bits per heavy atom. The van der Waals surface area contributed by atoms with E-state index in [1.54, 1.807) is 0 Å². The average molecular weight is 315 g/mol. The van der Waals surface area contributed by atoms with Crippen molar-refractivity contribution in [1.82, 2.24) is 0 Å². The van der Waals surface area contributed by atoms with Crippen molar-refractivity contribution in [2.75, 3.05) is 19.8 Å². The van der Waals surface area contributed by atoms with Crippen LogP contribution in [0.2, 0.25) is 0 Å². The third-order valence-corrected chi connectivity index (χ3v) is 4.54. The summed E-state index contributed by atoms with van der Waals surface area (Å²) >= 11 is 0. The van der Waals surface area contributed by atoms with Gasteiger partial charge in [-0.25, -0.2) is 0 Å². The molecule has 1 fully saturated rings. The molecule has 1 heterocycles. The second kappa shape index (κ2) is 14.5.